The van der Waals surface area contributed by atoms with Crippen molar-refractivity contribution in [2.75, 3.05) is 6.61 Å². The fourth-order valence-electron chi connectivity index (χ4n) is 1.42. The van der Waals surface area contributed by atoms with Gasteiger partial charge in [0.2, 0.25) is 0 Å². The molecule has 1 saturated carbocycles. The Kier molecular flexibility index (Phi) is 4.45. The molecule has 18 heavy (non-hydrogen) atoms. The van der Waals surface area contributed by atoms with Crippen LogP contribution in [0, 0.1) is 0 Å². The molecule has 2 rings (SSSR count). The van der Waals surface area contributed by atoms with Crippen LogP contribution in [-0.2, 0) is 9.53 Å². The molecule has 1 fully saturated rings. The van der Waals surface area contributed by atoms with Crippen molar-refractivity contribution in [1.29, 1.82) is 0 Å². The minimum Gasteiger partial charge on any atom is -0.460 e. The van der Waals surface area contributed by atoms with Crippen LogP contribution in [0.2, 0.25) is 0 Å². The molecule has 0 unspecified atom stereocenters. The first-order valence-electron chi connectivity index (χ1n) is 5.79. The Hall–Kier alpha value is -0.810. The zero-order valence-electron chi connectivity index (χ0n) is 9.94. The molecular formula is C13H13BrO3S. The molecule has 1 aromatic carbocycles. The summed E-state index contributed by atoms with van der Waals surface area (Å²) in [4.78, 5) is 24.2. The van der Waals surface area contributed by atoms with Crippen LogP contribution in [0.15, 0.2) is 27.6 Å². The normalized spacial score (nSPS) is 14.3. The predicted molar refractivity (Wildman–Crippen MR) is 74.0 cm³/mol. The number of hydrogen-bond donors (Lipinski definition) is 0. The molecule has 5 heteroatoms. The van der Waals surface area contributed by atoms with Crippen LogP contribution in [-0.4, -0.2) is 23.6 Å². The number of Topliss-reactive ketones (excluding diaryl/α,β-unsaturated/α-hetero) is 1. The Morgan fingerprint density at radius 3 is 2.72 bits per heavy atom. The van der Waals surface area contributed by atoms with Gasteiger partial charge < -0.3 is 4.74 Å². The first kappa shape index (κ1) is 13.6. The van der Waals surface area contributed by atoms with Crippen LogP contribution < -0.4 is 0 Å². The van der Waals surface area contributed by atoms with E-state index in [1.165, 1.54) is 12.8 Å². The minimum atomic E-state index is -0.799. The average molecular weight is 329 g/mol. The molecule has 1 aliphatic carbocycles. The van der Waals surface area contributed by atoms with E-state index in [-0.39, 0.29) is 6.61 Å². The monoisotopic (exact) mass is 328 g/mol. The summed E-state index contributed by atoms with van der Waals surface area (Å²) in [6.45, 7) is 1.89. The summed E-state index contributed by atoms with van der Waals surface area (Å²) in [5, 5.41) is 0.702. The molecule has 0 saturated heterocycles. The molecule has 1 aromatic rings. The number of benzene rings is 1. The van der Waals surface area contributed by atoms with E-state index in [1.807, 2.05) is 6.07 Å². The number of ether oxygens (including phenoxy) is 1. The van der Waals surface area contributed by atoms with E-state index < -0.39 is 11.8 Å². The van der Waals surface area contributed by atoms with Gasteiger partial charge in [0, 0.05) is 20.2 Å². The summed E-state index contributed by atoms with van der Waals surface area (Å²) in [6, 6.07) is 5.23. The lowest BCUT2D eigenvalue weighted by atomic mass is 10.1. The summed E-state index contributed by atoms with van der Waals surface area (Å²) in [5.74, 6) is -1.40. The molecular weight excluding hydrogens is 316 g/mol. The maximum absolute atomic E-state index is 11.7. The zero-order valence-corrected chi connectivity index (χ0v) is 12.3. The van der Waals surface area contributed by atoms with E-state index in [1.54, 1.807) is 30.8 Å². The molecule has 0 spiro atoms. The third-order valence-corrected chi connectivity index (χ3v) is 4.81. The molecule has 0 N–H and O–H groups in total. The number of esters is 1. The van der Waals surface area contributed by atoms with E-state index in [0.717, 1.165) is 9.37 Å². The van der Waals surface area contributed by atoms with Crippen LogP contribution in [0.3, 0.4) is 0 Å². The van der Waals surface area contributed by atoms with Crippen LogP contribution in [0.4, 0.5) is 0 Å². The molecule has 0 radical (unpaired) electrons. The lowest BCUT2D eigenvalue weighted by molar-refractivity contribution is -0.137. The summed E-state index contributed by atoms with van der Waals surface area (Å²) in [6.07, 6.45) is 2.50. The fraction of sp³-hybridized carbons (Fsp3) is 0.385. The van der Waals surface area contributed by atoms with Gasteiger partial charge in [-0.05, 0) is 53.9 Å². The van der Waals surface area contributed by atoms with Gasteiger partial charge in [0.15, 0.2) is 0 Å². The topological polar surface area (TPSA) is 43.4 Å². The van der Waals surface area contributed by atoms with Crippen molar-refractivity contribution in [2.45, 2.75) is 29.9 Å². The number of halogens is 1. The highest BCUT2D eigenvalue weighted by atomic mass is 79.9. The van der Waals surface area contributed by atoms with Crippen LogP contribution >= 0.6 is 27.7 Å². The Morgan fingerprint density at radius 1 is 1.44 bits per heavy atom. The van der Waals surface area contributed by atoms with E-state index in [2.05, 4.69) is 15.9 Å². The van der Waals surface area contributed by atoms with Crippen molar-refractivity contribution in [2.24, 2.45) is 0 Å². The van der Waals surface area contributed by atoms with Gasteiger partial charge in [-0.3, -0.25) is 4.79 Å². The molecule has 1 aliphatic rings. The summed E-state index contributed by atoms with van der Waals surface area (Å²) in [7, 11) is 0. The number of rotatable bonds is 5. The van der Waals surface area contributed by atoms with E-state index in [9.17, 15) is 9.59 Å². The molecule has 0 aromatic heterocycles. The molecule has 0 amide bonds. The lowest BCUT2D eigenvalue weighted by Gasteiger charge is -2.06. The zero-order chi connectivity index (χ0) is 13.1. The average Bonchev–Trinajstić information content (AvgIpc) is 3.15. The fourth-order valence-corrected chi connectivity index (χ4v) is 3.13. The quantitative estimate of drug-likeness (QED) is 0.471. The number of carbonyl (C=O) groups is 2. The smallest absolute Gasteiger partial charge is 0.379 e. The number of ketones is 1. The second-order valence-corrected chi connectivity index (χ2v) is 6.21. The van der Waals surface area contributed by atoms with Crippen molar-refractivity contribution in [3.8, 4) is 0 Å². The Morgan fingerprint density at radius 2 is 2.17 bits per heavy atom. The third kappa shape index (κ3) is 3.36. The second kappa shape index (κ2) is 5.89. The molecule has 3 nitrogen and oxygen atoms in total. The van der Waals surface area contributed by atoms with Crippen molar-refractivity contribution in [3.05, 3.63) is 28.2 Å². The highest BCUT2D eigenvalue weighted by molar-refractivity contribution is 9.10. The van der Waals surface area contributed by atoms with E-state index >= 15 is 0 Å². The Bertz CT molecular complexity index is 483. The van der Waals surface area contributed by atoms with Crippen LogP contribution in [0.1, 0.15) is 30.1 Å². The van der Waals surface area contributed by atoms with Gasteiger partial charge in [-0.2, -0.15) is 0 Å². The SMILES string of the molecule is CCOC(=O)C(=O)c1ccc(SC2CC2)c(Br)c1. The minimum absolute atomic E-state index is 0.210. The number of hydrogen-bond acceptors (Lipinski definition) is 4. The van der Waals surface area contributed by atoms with Crippen molar-refractivity contribution in [3.63, 3.8) is 0 Å². The lowest BCUT2D eigenvalue weighted by Crippen LogP contribution is -2.17. The standard InChI is InChI=1S/C13H13BrO3S/c1-2-17-13(16)12(15)8-3-6-11(10(14)7-8)18-9-4-5-9/h3,6-7,9H,2,4-5H2,1H3. The Labute approximate surface area is 118 Å². The van der Waals surface area contributed by atoms with Gasteiger partial charge in [0.1, 0.15) is 0 Å². The van der Waals surface area contributed by atoms with Gasteiger partial charge in [0.25, 0.3) is 5.78 Å². The summed E-state index contributed by atoms with van der Waals surface area (Å²) in [5.41, 5.74) is 0.362. The van der Waals surface area contributed by atoms with E-state index in [4.69, 9.17) is 4.74 Å². The summed E-state index contributed by atoms with van der Waals surface area (Å²) < 4.78 is 5.55. The van der Waals surface area contributed by atoms with Crippen molar-refractivity contribution < 1.29 is 14.3 Å². The van der Waals surface area contributed by atoms with Gasteiger partial charge in [-0.25, -0.2) is 4.79 Å². The molecule has 0 bridgehead atoms. The first-order chi connectivity index (χ1) is 8.61. The summed E-state index contributed by atoms with van der Waals surface area (Å²) >= 11 is 5.24. The van der Waals surface area contributed by atoms with Crippen LogP contribution in [0.25, 0.3) is 0 Å². The molecule has 0 aliphatic heterocycles. The maximum atomic E-state index is 11.7. The molecule has 0 heterocycles. The van der Waals surface area contributed by atoms with E-state index in [0.29, 0.717) is 10.8 Å². The van der Waals surface area contributed by atoms with Gasteiger partial charge in [0.05, 0.1) is 6.61 Å². The van der Waals surface area contributed by atoms with Gasteiger partial charge >= 0.3 is 5.97 Å². The number of thioether (sulfide) groups is 1. The van der Waals surface area contributed by atoms with Crippen molar-refractivity contribution in [1.82, 2.24) is 0 Å². The highest BCUT2D eigenvalue weighted by Crippen LogP contribution is 2.42. The second-order valence-electron chi connectivity index (χ2n) is 4.01. The predicted octanol–water partition coefficient (Wildman–Crippen LogP) is 3.45. The molecule has 96 valence electrons. The van der Waals surface area contributed by atoms with Crippen LogP contribution in [0.5, 0.6) is 0 Å². The first-order valence-corrected chi connectivity index (χ1v) is 7.46. The molecule has 0 atom stereocenters. The largest absolute Gasteiger partial charge is 0.460 e. The Balaban J connectivity index is 2.11. The third-order valence-electron chi connectivity index (χ3n) is 2.47. The van der Waals surface area contributed by atoms with Gasteiger partial charge in [-0.1, -0.05) is 0 Å². The van der Waals surface area contributed by atoms with Gasteiger partial charge in [-0.15, -0.1) is 11.8 Å². The highest BCUT2D eigenvalue weighted by Gasteiger charge is 2.24. The maximum Gasteiger partial charge on any atom is 0.379 e. The number of carbonyl (C=O) groups excluding carboxylic acids is 2. The van der Waals surface area contributed by atoms with Crippen molar-refractivity contribution >= 4 is 39.4 Å².